The predicted octanol–water partition coefficient (Wildman–Crippen LogP) is 3.01. The Hall–Kier alpha value is -4.50. The summed E-state index contributed by atoms with van der Waals surface area (Å²) >= 11 is 0. The van der Waals surface area contributed by atoms with E-state index in [1.165, 1.54) is 12.4 Å². The Kier molecular flexibility index (Phi) is 6.42. The molecule has 9 nitrogen and oxygen atoms in total. The number of hydrogen-bond acceptors (Lipinski definition) is 5. The van der Waals surface area contributed by atoms with Gasteiger partial charge in [-0.1, -0.05) is 12.2 Å². The first-order valence-corrected chi connectivity index (χ1v) is 10.3. The number of quaternary nitrogens is 1. The summed E-state index contributed by atoms with van der Waals surface area (Å²) in [6.07, 6.45) is 6.52. The Morgan fingerprint density at radius 1 is 1.00 bits per heavy atom. The maximum absolute atomic E-state index is 12.3. The van der Waals surface area contributed by atoms with Crippen molar-refractivity contribution in [1.29, 1.82) is 5.41 Å². The highest BCUT2D eigenvalue weighted by atomic mass is 16.5. The normalized spacial score (nSPS) is 12.0. The van der Waals surface area contributed by atoms with Crippen molar-refractivity contribution in [2.75, 3.05) is 17.7 Å². The minimum absolute atomic E-state index is 0.00776. The molecular weight excluding hydrogens is 420 g/mol. The number of amides is 3. The molecule has 6 N–H and O–H groups in total. The van der Waals surface area contributed by atoms with Crippen LogP contribution in [0, 0.1) is 5.41 Å². The molecule has 4 rings (SSSR count). The van der Waals surface area contributed by atoms with Crippen LogP contribution in [0.3, 0.4) is 0 Å². The smallest absolute Gasteiger partial charge is 0.323 e. The fourth-order valence-electron chi connectivity index (χ4n) is 3.05. The summed E-state index contributed by atoms with van der Waals surface area (Å²) in [5.74, 6) is 0.757. The number of pyridine rings is 1. The molecular formula is C24H23N6O3+. The lowest BCUT2D eigenvalue weighted by Crippen LogP contribution is -2.73. The van der Waals surface area contributed by atoms with Gasteiger partial charge < -0.3 is 31.4 Å². The molecule has 0 unspecified atom stereocenters. The van der Waals surface area contributed by atoms with Gasteiger partial charge in [0.15, 0.2) is 0 Å². The molecule has 1 aromatic heterocycles. The third-order valence-corrected chi connectivity index (χ3v) is 4.81. The maximum atomic E-state index is 12.3. The van der Waals surface area contributed by atoms with Crippen molar-refractivity contribution in [2.45, 2.75) is 6.04 Å². The van der Waals surface area contributed by atoms with E-state index in [2.05, 4.69) is 20.9 Å². The van der Waals surface area contributed by atoms with Crippen molar-refractivity contribution in [2.24, 2.45) is 0 Å². The molecule has 0 saturated heterocycles. The van der Waals surface area contributed by atoms with E-state index in [0.717, 1.165) is 11.3 Å². The summed E-state index contributed by atoms with van der Waals surface area (Å²) in [6.45, 7) is 0. The van der Waals surface area contributed by atoms with Crippen molar-refractivity contribution in [3.63, 3.8) is 0 Å². The van der Waals surface area contributed by atoms with Crippen molar-refractivity contribution in [1.82, 2.24) is 10.3 Å². The van der Waals surface area contributed by atoms with Crippen LogP contribution < -0.4 is 26.0 Å². The van der Waals surface area contributed by atoms with Gasteiger partial charge in [0.05, 0.1) is 18.7 Å². The molecule has 0 aliphatic heterocycles. The average molecular weight is 443 g/mol. The van der Waals surface area contributed by atoms with E-state index < -0.39 is 6.03 Å². The SMILES string of the molecule is C[NH2+]c1ccc(NC(=O)Nc2ccc(Oc3ccnc(C(=O)NC4C=C4)c3)cc2)cc1C=N. The van der Waals surface area contributed by atoms with E-state index in [9.17, 15) is 9.59 Å². The third kappa shape index (κ3) is 5.81. The van der Waals surface area contributed by atoms with Crippen molar-refractivity contribution in [3.8, 4) is 11.5 Å². The lowest BCUT2D eigenvalue weighted by atomic mass is 10.1. The summed E-state index contributed by atoms with van der Waals surface area (Å²) in [6, 6.07) is 15.0. The average Bonchev–Trinajstić information content (AvgIpc) is 3.64. The molecule has 0 saturated carbocycles. The lowest BCUT2D eigenvalue weighted by Gasteiger charge is -2.10. The minimum atomic E-state index is -0.400. The highest BCUT2D eigenvalue weighted by Crippen LogP contribution is 2.24. The number of nitrogens with zero attached hydrogens (tertiary/aromatic N) is 1. The van der Waals surface area contributed by atoms with Crippen LogP contribution in [0.25, 0.3) is 0 Å². The zero-order chi connectivity index (χ0) is 23.2. The summed E-state index contributed by atoms with van der Waals surface area (Å²) in [5, 5.41) is 17.7. The van der Waals surface area contributed by atoms with Gasteiger partial charge in [-0.3, -0.25) is 9.78 Å². The lowest BCUT2D eigenvalue weighted by molar-refractivity contribution is -0.539. The van der Waals surface area contributed by atoms with Gasteiger partial charge in [0.2, 0.25) is 0 Å². The van der Waals surface area contributed by atoms with Crippen molar-refractivity contribution < 1.29 is 19.6 Å². The van der Waals surface area contributed by atoms with Gasteiger partial charge in [-0.2, -0.15) is 0 Å². The maximum Gasteiger partial charge on any atom is 0.323 e. The molecule has 33 heavy (non-hydrogen) atoms. The van der Waals surface area contributed by atoms with Crippen LogP contribution in [0.1, 0.15) is 16.1 Å². The van der Waals surface area contributed by atoms with Gasteiger partial charge in [0, 0.05) is 35.9 Å². The molecule has 0 bridgehead atoms. The number of rotatable bonds is 8. The number of carbonyl (C=O) groups excluding carboxylic acids is 2. The van der Waals surface area contributed by atoms with Crippen LogP contribution in [-0.4, -0.2) is 36.2 Å². The first-order valence-electron chi connectivity index (χ1n) is 10.3. The Morgan fingerprint density at radius 3 is 2.42 bits per heavy atom. The topological polar surface area (TPSA) is 133 Å². The van der Waals surface area contributed by atoms with E-state index >= 15 is 0 Å². The second kappa shape index (κ2) is 9.75. The largest absolute Gasteiger partial charge is 0.457 e. The number of carbonyl (C=O) groups is 2. The van der Waals surface area contributed by atoms with E-state index in [0.29, 0.717) is 22.9 Å². The van der Waals surface area contributed by atoms with Gasteiger partial charge in [-0.05, 0) is 42.5 Å². The fraction of sp³-hybridized carbons (Fsp3) is 0.0833. The van der Waals surface area contributed by atoms with Crippen molar-refractivity contribution in [3.05, 3.63) is 84.2 Å². The standard InChI is InChI=1S/C24H22N6O3/c1-26-21-9-6-18(12-15(21)14-25)30-24(32)29-17-4-7-19(8-5-17)33-20-10-11-27-22(13-20)23(31)28-16-2-3-16/h2-14,16,25-26H,1H3,(H,28,31)(H2,29,30,32)/p+1. The van der Waals surface area contributed by atoms with Crippen LogP contribution in [0.2, 0.25) is 0 Å². The molecule has 9 heteroatoms. The Balaban J connectivity index is 1.34. The highest BCUT2D eigenvalue weighted by molar-refractivity contribution is 6.00. The summed E-state index contributed by atoms with van der Waals surface area (Å²) in [4.78, 5) is 28.5. The number of hydrogen-bond donors (Lipinski definition) is 5. The molecule has 2 aromatic carbocycles. The number of nitrogens with two attached hydrogens (primary N) is 1. The third-order valence-electron chi connectivity index (χ3n) is 4.81. The van der Waals surface area contributed by atoms with Crippen LogP contribution in [0.5, 0.6) is 11.5 Å². The van der Waals surface area contributed by atoms with E-state index in [-0.39, 0.29) is 17.6 Å². The first-order chi connectivity index (χ1) is 16.0. The Labute approximate surface area is 190 Å². The zero-order valence-electron chi connectivity index (χ0n) is 17.8. The Bertz CT molecular complexity index is 1220. The van der Waals surface area contributed by atoms with Crippen molar-refractivity contribution >= 4 is 35.2 Å². The second-order valence-electron chi connectivity index (χ2n) is 7.24. The van der Waals surface area contributed by atoms with Crippen LogP contribution in [0.4, 0.5) is 21.9 Å². The molecule has 1 heterocycles. The van der Waals surface area contributed by atoms with Crippen LogP contribution in [0.15, 0.2) is 72.9 Å². The van der Waals surface area contributed by atoms with Crippen LogP contribution >= 0.6 is 0 Å². The Morgan fingerprint density at radius 2 is 1.73 bits per heavy atom. The monoisotopic (exact) mass is 443 g/mol. The molecule has 3 amide bonds. The fourth-order valence-corrected chi connectivity index (χ4v) is 3.05. The van der Waals surface area contributed by atoms with Gasteiger partial charge in [-0.25, -0.2) is 4.79 Å². The molecule has 3 aromatic rings. The molecule has 166 valence electrons. The van der Waals surface area contributed by atoms with E-state index in [1.807, 2.05) is 30.6 Å². The number of benzene rings is 2. The number of ether oxygens (including phenoxy) is 1. The number of nitrogens with one attached hydrogen (secondary N) is 4. The molecule has 1 aliphatic carbocycles. The molecule has 0 fully saturated rings. The molecule has 0 radical (unpaired) electrons. The van der Waals surface area contributed by atoms with E-state index in [4.69, 9.17) is 10.1 Å². The zero-order valence-corrected chi connectivity index (χ0v) is 17.8. The van der Waals surface area contributed by atoms with E-state index in [1.54, 1.807) is 48.5 Å². The summed E-state index contributed by atoms with van der Waals surface area (Å²) in [5.41, 5.74) is 3.09. The van der Waals surface area contributed by atoms with Gasteiger partial charge in [0.25, 0.3) is 5.91 Å². The molecule has 0 atom stereocenters. The number of aromatic nitrogens is 1. The van der Waals surface area contributed by atoms with Gasteiger partial charge >= 0.3 is 6.03 Å². The van der Waals surface area contributed by atoms with Crippen LogP contribution in [-0.2, 0) is 0 Å². The first kappa shape index (κ1) is 21.7. The summed E-state index contributed by atoms with van der Waals surface area (Å²) < 4.78 is 5.80. The molecule has 0 spiro atoms. The predicted molar refractivity (Wildman–Crippen MR) is 126 cm³/mol. The quantitative estimate of drug-likeness (QED) is 0.208. The molecule has 1 aliphatic rings. The summed E-state index contributed by atoms with van der Waals surface area (Å²) in [7, 11) is 1.90. The van der Waals surface area contributed by atoms with Gasteiger partial charge in [-0.15, -0.1) is 0 Å². The number of urea groups is 1. The highest BCUT2D eigenvalue weighted by Gasteiger charge is 2.16. The second-order valence-corrected chi connectivity index (χ2v) is 7.24. The minimum Gasteiger partial charge on any atom is -0.457 e. The van der Waals surface area contributed by atoms with Gasteiger partial charge in [0.1, 0.15) is 22.9 Å². The number of anilines is 2.